The Morgan fingerprint density at radius 2 is 1.78 bits per heavy atom. The van der Waals surface area contributed by atoms with Crippen LogP contribution in [0.5, 0.6) is 0 Å². The van der Waals surface area contributed by atoms with Gasteiger partial charge in [0.2, 0.25) is 0 Å². The van der Waals surface area contributed by atoms with Gasteiger partial charge < -0.3 is 16.4 Å². The van der Waals surface area contributed by atoms with Gasteiger partial charge in [0.15, 0.2) is 17.3 Å². The second-order valence-corrected chi connectivity index (χ2v) is 9.85. The number of aromatic nitrogens is 4. The smallest absolute Gasteiger partial charge is 0.272 e. The number of primary amides is 1. The van der Waals surface area contributed by atoms with Gasteiger partial charge in [-0.05, 0) is 37.0 Å². The van der Waals surface area contributed by atoms with E-state index >= 15 is 0 Å². The molecule has 1 amide bonds. The molecule has 3 heterocycles. The van der Waals surface area contributed by atoms with Crippen molar-refractivity contribution in [1.82, 2.24) is 19.6 Å². The van der Waals surface area contributed by atoms with E-state index in [0.29, 0.717) is 29.4 Å². The molecule has 37 heavy (non-hydrogen) atoms. The molecule has 2 atom stereocenters. The number of para-hydroxylation sites is 1. The first-order chi connectivity index (χ1) is 17.7. The van der Waals surface area contributed by atoms with Crippen molar-refractivity contribution in [2.45, 2.75) is 31.8 Å². The fourth-order valence-electron chi connectivity index (χ4n) is 5.14. The van der Waals surface area contributed by atoms with E-state index in [1.807, 2.05) is 16.8 Å². The molecule has 2 aromatic heterocycles. The van der Waals surface area contributed by atoms with Crippen molar-refractivity contribution in [3.05, 3.63) is 70.3 Å². The Kier molecular flexibility index (Phi) is 5.34. The molecule has 1 aliphatic carbocycles. The summed E-state index contributed by atoms with van der Waals surface area (Å²) in [6.45, 7) is 3.30. The molecule has 0 bridgehead atoms. The Morgan fingerprint density at radius 1 is 1.05 bits per heavy atom. The zero-order valence-electron chi connectivity index (χ0n) is 20.1. The predicted molar refractivity (Wildman–Crippen MR) is 135 cm³/mol. The molecule has 9 nitrogen and oxygen atoms in total. The van der Waals surface area contributed by atoms with E-state index in [0.717, 1.165) is 47.6 Å². The Labute approximate surface area is 210 Å². The highest BCUT2D eigenvalue weighted by molar-refractivity contribution is 6.05. The summed E-state index contributed by atoms with van der Waals surface area (Å²) in [6.07, 6.45) is 3.90. The maximum absolute atomic E-state index is 14.5. The van der Waals surface area contributed by atoms with E-state index in [4.69, 9.17) is 11.5 Å². The summed E-state index contributed by atoms with van der Waals surface area (Å²) < 4.78 is 31.5. The first-order valence-corrected chi connectivity index (χ1v) is 12.1. The van der Waals surface area contributed by atoms with Crippen molar-refractivity contribution < 1.29 is 13.6 Å². The lowest BCUT2D eigenvalue weighted by Gasteiger charge is -2.24. The highest BCUT2D eigenvalue weighted by Gasteiger charge is 2.33. The number of halogens is 2. The van der Waals surface area contributed by atoms with Crippen LogP contribution in [0.1, 0.15) is 36.3 Å². The monoisotopic (exact) mass is 505 g/mol. The quantitative estimate of drug-likeness (QED) is 0.430. The third kappa shape index (κ3) is 3.77. The van der Waals surface area contributed by atoms with Crippen LogP contribution in [0.4, 0.5) is 14.5 Å². The van der Waals surface area contributed by atoms with Gasteiger partial charge >= 0.3 is 0 Å². The molecule has 11 heteroatoms. The lowest BCUT2D eigenvalue weighted by molar-refractivity contribution is 0.0994. The Hall–Kier alpha value is -4.12. The third-order valence-electron chi connectivity index (χ3n) is 7.24. The van der Waals surface area contributed by atoms with Gasteiger partial charge in [-0.25, -0.2) is 8.78 Å². The van der Waals surface area contributed by atoms with Crippen molar-refractivity contribution >= 4 is 22.5 Å². The predicted octanol–water partition coefficient (Wildman–Crippen LogP) is 2.74. The maximum Gasteiger partial charge on any atom is 0.272 e. The molecule has 4 aromatic rings. The summed E-state index contributed by atoms with van der Waals surface area (Å²) in [6, 6.07) is 8.32. The fourth-order valence-corrected chi connectivity index (χ4v) is 5.14. The topological polar surface area (TPSA) is 125 Å². The molecule has 6 rings (SSSR count). The van der Waals surface area contributed by atoms with Gasteiger partial charge in [-0.1, -0.05) is 19.1 Å². The molecule has 0 unspecified atom stereocenters. The number of amides is 1. The van der Waals surface area contributed by atoms with E-state index in [-0.39, 0.29) is 23.2 Å². The number of benzene rings is 2. The van der Waals surface area contributed by atoms with Gasteiger partial charge in [-0.2, -0.15) is 14.9 Å². The molecule has 2 fully saturated rings. The fraction of sp³-hybridized carbons (Fsp3) is 0.308. The lowest BCUT2D eigenvalue weighted by atomic mass is 9.99. The summed E-state index contributed by atoms with van der Waals surface area (Å²) in [5, 5.41) is 9.51. The molecule has 1 saturated heterocycles. The van der Waals surface area contributed by atoms with Crippen LogP contribution in [-0.4, -0.2) is 44.6 Å². The molecular weight excluding hydrogens is 480 g/mol. The first kappa shape index (κ1) is 23.3. The molecule has 1 saturated carbocycles. The van der Waals surface area contributed by atoms with Crippen LogP contribution < -0.4 is 21.9 Å². The molecule has 1 aliphatic heterocycles. The van der Waals surface area contributed by atoms with Crippen molar-refractivity contribution in [1.29, 1.82) is 0 Å². The van der Waals surface area contributed by atoms with Crippen molar-refractivity contribution in [2.24, 2.45) is 17.4 Å². The number of rotatable bonds is 5. The Morgan fingerprint density at radius 3 is 2.41 bits per heavy atom. The number of fused-ring (bicyclic) bond motifs is 1. The number of carbonyl (C=O) groups is 1. The van der Waals surface area contributed by atoms with E-state index < -0.39 is 28.8 Å². The summed E-state index contributed by atoms with van der Waals surface area (Å²) in [5.41, 5.74) is 12.7. The number of nitrogens with zero attached hydrogens (tertiary/aromatic N) is 5. The van der Waals surface area contributed by atoms with E-state index in [9.17, 15) is 18.4 Å². The average Bonchev–Trinajstić information content (AvgIpc) is 3.52. The van der Waals surface area contributed by atoms with Crippen LogP contribution >= 0.6 is 0 Å². The number of hydrogen-bond acceptors (Lipinski definition) is 6. The molecular formula is C26H25F2N7O2. The average molecular weight is 506 g/mol. The van der Waals surface area contributed by atoms with Crippen LogP contribution in [0.15, 0.2) is 47.4 Å². The third-order valence-corrected chi connectivity index (χ3v) is 7.24. The number of carbonyl (C=O) groups excluding carboxylic acids is 1. The van der Waals surface area contributed by atoms with Gasteiger partial charge in [-0.15, -0.1) is 0 Å². The number of hydrogen-bond donors (Lipinski definition) is 2. The summed E-state index contributed by atoms with van der Waals surface area (Å²) >= 11 is 0. The van der Waals surface area contributed by atoms with Gasteiger partial charge in [0.25, 0.3) is 11.5 Å². The van der Waals surface area contributed by atoms with E-state index in [1.165, 1.54) is 6.07 Å². The number of anilines is 1. The van der Waals surface area contributed by atoms with Crippen molar-refractivity contribution in [2.75, 3.05) is 18.0 Å². The minimum absolute atomic E-state index is 0.0626. The highest BCUT2D eigenvalue weighted by atomic mass is 19.1. The first-order valence-electron chi connectivity index (χ1n) is 12.1. The van der Waals surface area contributed by atoms with Crippen LogP contribution in [0.25, 0.3) is 27.7 Å². The van der Waals surface area contributed by atoms with Gasteiger partial charge in [-0.3, -0.25) is 14.3 Å². The maximum atomic E-state index is 14.5. The minimum Gasteiger partial charge on any atom is -0.369 e. The van der Waals surface area contributed by atoms with Crippen LogP contribution in [0, 0.1) is 17.6 Å². The Balaban J connectivity index is 1.61. The lowest BCUT2D eigenvalue weighted by Crippen LogP contribution is -2.29. The molecule has 0 spiro atoms. The van der Waals surface area contributed by atoms with E-state index in [2.05, 4.69) is 22.0 Å². The molecule has 2 aromatic carbocycles. The summed E-state index contributed by atoms with van der Waals surface area (Å²) in [7, 11) is 0. The number of nitrogens with two attached hydrogens (primary N) is 2. The standard InChI is InChI=1S/C26H25F2N7O2/c1-13-11-33(12-20(13)29)24-15(7-8-21-17(24)10-31-34(21)14-5-6-14)16-9-22(36)35(32-23(16)26(30)37)25-18(27)3-2-4-19(25)28/h2-4,7-10,13-14,20H,5-6,11-12,29H2,1H3,(H2,30,37)/t13-,20+/m1/s1. The van der Waals surface area contributed by atoms with Gasteiger partial charge in [0.05, 0.1) is 23.4 Å². The van der Waals surface area contributed by atoms with Gasteiger partial charge in [0, 0.05) is 41.7 Å². The Bertz CT molecular complexity index is 1600. The van der Waals surface area contributed by atoms with Crippen molar-refractivity contribution in [3.8, 4) is 16.8 Å². The molecule has 0 radical (unpaired) electrons. The molecule has 2 aliphatic rings. The van der Waals surface area contributed by atoms with Crippen LogP contribution in [0.3, 0.4) is 0 Å². The summed E-state index contributed by atoms with van der Waals surface area (Å²) in [4.78, 5) is 27.9. The highest BCUT2D eigenvalue weighted by Crippen LogP contribution is 2.43. The van der Waals surface area contributed by atoms with Crippen LogP contribution in [-0.2, 0) is 0 Å². The second-order valence-electron chi connectivity index (χ2n) is 9.85. The van der Waals surface area contributed by atoms with Crippen molar-refractivity contribution in [3.63, 3.8) is 0 Å². The zero-order valence-corrected chi connectivity index (χ0v) is 20.1. The normalized spacial score (nSPS) is 19.6. The minimum atomic E-state index is -0.993. The largest absolute Gasteiger partial charge is 0.369 e. The molecule has 190 valence electrons. The van der Waals surface area contributed by atoms with Crippen LogP contribution in [0.2, 0.25) is 0 Å². The van der Waals surface area contributed by atoms with E-state index in [1.54, 1.807) is 6.20 Å². The zero-order chi connectivity index (χ0) is 26.0. The second kappa shape index (κ2) is 8.48. The molecule has 4 N–H and O–H groups in total. The van der Waals surface area contributed by atoms with Gasteiger partial charge in [0.1, 0.15) is 5.69 Å². The SMILES string of the molecule is C[C@@H]1CN(c2c(-c3cc(=O)n(-c4c(F)cccc4F)nc3C(N)=O)ccc3c2cnn3C2CC2)C[C@@H]1N. The summed E-state index contributed by atoms with van der Waals surface area (Å²) in [5.74, 6) is -2.71.